The van der Waals surface area contributed by atoms with Crippen LogP contribution in [0.25, 0.3) is 0 Å². The minimum absolute atomic E-state index is 0.111. The molecule has 5 atom stereocenters. The second-order valence-corrected chi connectivity index (χ2v) is 7.17. The summed E-state index contributed by atoms with van der Waals surface area (Å²) in [6.07, 6.45) is -1.30. The molecule has 2 rings (SSSR count). The van der Waals surface area contributed by atoms with Crippen molar-refractivity contribution in [2.75, 3.05) is 0 Å². The van der Waals surface area contributed by atoms with Crippen molar-refractivity contribution in [3.63, 3.8) is 0 Å². The van der Waals surface area contributed by atoms with Crippen LogP contribution in [0, 0.1) is 17.8 Å². The fourth-order valence-corrected chi connectivity index (χ4v) is 4.21. The molecule has 0 aromatic heterocycles. The number of hydrogen-bond donors (Lipinski definition) is 1. The van der Waals surface area contributed by atoms with Crippen molar-refractivity contribution in [3.8, 4) is 0 Å². The largest absolute Gasteiger partial charge is 0.459 e. The molecular weight excluding hydrogens is 309 g/mol. The number of aliphatic hydroxyl groups is 1. The van der Waals surface area contributed by atoms with Gasteiger partial charge in [0.15, 0.2) is 5.60 Å². The minimum Gasteiger partial charge on any atom is -0.459 e. The van der Waals surface area contributed by atoms with Crippen molar-refractivity contribution >= 4 is 5.97 Å². The van der Waals surface area contributed by atoms with Crippen LogP contribution in [-0.2, 0) is 9.53 Å². The molecule has 2 saturated carbocycles. The van der Waals surface area contributed by atoms with Crippen LogP contribution in [0.15, 0.2) is 12.2 Å². The molecule has 0 radical (unpaired) electrons. The number of fused-ring (bicyclic) bond motifs is 1. The average Bonchev–Trinajstić information content (AvgIpc) is 2.46. The molecular formula is C17H25F3O3. The molecule has 0 amide bonds. The summed E-state index contributed by atoms with van der Waals surface area (Å²) in [7, 11) is 0. The molecule has 2 fully saturated rings. The third kappa shape index (κ3) is 3.57. The molecule has 0 aromatic rings. The second kappa shape index (κ2) is 6.46. The molecule has 0 heterocycles. The normalized spacial score (nSPS) is 34.2. The van der Waals surface area contributed by atoms with E-state index < -0.39 is 23.7 Å². The number of alkyl halides is 3. The molecule has 0 spiro atoms. The van der Waals surface area contributed by atoms with Crippen molar-refractivity contribution in [1.82, 2.24) is 0 Å². The Morgan fingerprint density at radius 1 is 1.13 bits per heavy atom. The zero-order valence-electron chi connectivity index (χ0n) is 13.7. The van der Waals surface area contributed by atoms with Gasteiger partial charge in [0, 0.05) is 5.57 Å². The SMILES string of the molecule is C=C(C)C(=O)OC1CCC(C(C)(O)C(F)(F)F)C2CCCCC12. The highest BCUT2D eigenvalue weighted by molar-refractivity contribution is 5.87. The van der Waals surface area contributed by atoms with Gasteiger partial charge in [-0.15, -0.1) is 0 Å². The van der Waals surface area contributed by atoms with E-state index >= 15 is 0 Å². The van der Waals surface area contributed by atoms with Crippen molar-refractivity contribution in [2.24, 2.45) is 17.8 Å². The van der Waals surface area contributed by atoms with E-state index in [1.165, 1.54) is 0 Å². The third-order valence-corrected chi connectivity index (χ3v) is 5.53. The summed E-state index contributed by atoms with van der Waals surface area (Å²) in [4.78, 5) is 11.8. The lowest BCUT2D eigenvalue weighted by Crippen LogP contribution is -2.56. The Labute approximate surface area is 134 Å². The van der Waals surface area contributed by atoms with Crippen molar-refractivity contribution in [1.29, 1.82) is 0 Å². The number of carbonyl (C=O) groups is 1. The van der Waals surface area contributed by atoms with Crippen LogP contribution in [0.2, 0.25) is 0 Å². The average molecular weight is 334 g/mol. The highest BCUT2D eigenvalue weighted by Crippen LogP contribution is 2.52. The Morgan fingerprint density at radius 2 is 1.70 bits per heavy atom. The molecule has 0 saturated heterocycles. The van der Waals surface area contributed by atoms with Gasteiger partial charge in [-0.25, -0.2) is 4.79 Å². The van der Waals surface area contributed by atoms with Gasteiger partial charge < -0.3 is 9.84 Å². The molecule has 6 heteroatoms. The van der Waals surface area contributed by atoms with Crippen molar-refractivity contribution in [3.05, 3.63) is 12.2 Å². The highest BCUT2D eigenvalue weighted by atomic mass is 19.4. The maximum atomic E-state index is 13.2. The van der Waals surface area contributed by atoms with Crippen LogP contribution < -0.4 is 0 Å². The van der Waals surface area contributed by atoms with E-state index in [1.807, 2.05) is 0 Å². The maximum Gasteiger partial charge on any atom is 0.417 e. The van der Waals surface area contributed by atoms with E-state index in [0.717, 1.165) is 26.2 Å². The number of carbonyl (C=O) groups excluding carboxylic acids is 1. The number of rotatable bonds is 3. The lowest BCUT2D eigenvalue weighted by atomic mass is 9.60. The first kappa shape index (κ1) is 18.3. The zero-order chi connectivity index (χ0) is 17.4. The monoisotopic (exact) mass is 334 g/mol. The van der Waals surface area contributed by atoms with Gasteiger partial charge in [0.1, 0.15) is 6.10 Å². The van der Waals surface area contributed by atoms with Crippen molar-refractivity contribution < 1.29 is 27.8 Å². The summed E-state index contributed by atoms with van der Waals surface area (Å²) >= 11 is 0. The van der Waals surface area contributed by atoms with Gasteiger partial charge in [0.25, 0.3) is 0 Å². The molecule has 132 valence electrons. The number of halogens is 3. The van der Waals surface area contributed by atoms with Gasteiger partial charge >= 0.3 is 12.1 Å². The molecule has 5 unspecified atom stereocenters. The Morgan fingerprint density at radius 3 is 2.22 bits per heavy atom. The first-order valence-corrected chi connectivity index (χ1v) is 8.21. The molecule has 0 aromatic carbocycles. The van der Waals surface area contributed by atoms with Gasteiger partial charge in [-0.05, 0) is 57.3 Å². The summed E-state index contributed by atoms with van der Waals surface area (Å²) in [6.45, 7) is 5.98. The van der Waals surface area contributed by atoms with Gasteiger partial charge in [0.2, 0.25) is 0 Å². The number of esters is 1. The van der Waals surface area contributed by atoms with Crippen LogP contribution in [0.4, 0.5) is 13.2 Å². The zero-order valence-corrected chi connectivity index (χ0v) is 13.7. The summed E-state index contributed by atoms with van der Waals surface area (Å²) in [6, 6.07) is 0. The number of hydrogen-bond acceptors (Lipinski definition) is 3. The summed E-state index contributed by atoms with van der Waals surface area (Å²) in [5.41, 5.74) is -2.40. The first-order chi connectivity index (χ1) is 10.6. The summed E-state index contributed by atoms with van der Waals surface area (Å²) < 4.78 is 45.2. The van der Waals surface area contributed by atoms with Crippen LogP contribution in [0.1, 0.15) is 52.4 Å². The standard InChI is InChI=1S/C17H25F3O3/c1-10(2)15(21)23-14-9-8-13(16(3,22)17(18,19)20)11-6-4-5-7-12(11)14/h11-14,22H,1,4-9H2,2-3H3. The fourth-order valence-electron chi connectivity index (χ4n) is 4.21. The molecule has 0 aliphatic heterocycles. The van der Waals surface area contributed by atoms with E-state index in [4.69, 9.17) is 4.74 Å². The van der Waals surface area contributed by atoms with Gasteiger partial charge in [-0.1, -0.05) is 19.4 Å². The summed E-state index contributed by atoms with van der Waals surface area (Å²) in [5.74, 6) is -1.70. The van der Waals surface area contributed by atoms with Gasteiger partial charge in [-0.2, -0.15) is 13.2 Å². The summed E-state index contributed by atoms with van der Waals surface area (Å²) in [5, 5.41) is 10.1. The predicted octanol–water partition coefficient (Wildman–Crippen LogP) is 4.00. The maximum absolute atomic E-state index is 13.2. The second-order valence-electron chi connectivity index (χ2n) is 7.17. The quantitative estimate of drug-likeness (QED) is 0.627. The van der Waals surface area contributed by atoms with E-state index in [1.54, 1.807) is 6.92 Å². The molecule has 1 N–H and O–H groups in total. The Kier molecular flexibility index (Phi) is 5.14. The molecule has 0 bridgehead atoms. The van der Waals surface area contributed by atoms with E-state index in [9.17, 15) is 23.1 Å². The van der Waals surface area contributed by atoms with E-state index in [-0.39, 0.29) is 24.4 Å². The van der Waals surface area contributed by atoms with Gasteiger partial charge in [0.05, 0.1) is 0 Å². The Bertz CT molecular complexity index is 470. The molecule has 3 nitrogen and oxygen atoms in total. The lowest BCUT2D eigenvalue weighted by Gasteiger charge is -2.50. The van der Waals surface area contributed by atoms with E-state index in [2.05, 4.69) is 6.58 Å². The van der Waals surface area contributed by atoms with E-state index in [0.29, 0.717) is 18.4 Å². The Balaban J connectivity index is 2.20. The topological polar surface area (TPSA) is 46.5 Å². The first-order valence-electron chi connectivity index (χ1n) is 8.21. The predicted molar refractivity (Wildman–Crippen MR) is 79.5 cm³/mol. The van der Waals surface area contributed by atoms with Crippen LogP contribution in [0.5, 0.6) is 0 Å². The van der Waals surface area contributed by atoms with Crippen LogP contribution in [0.3, 0.4) is 0 Å². The molecule has 2 aliphatic carbocycles. The van der Waals surface area contributed by atoms with Crippen molar-refractivity contribution in [2.45, 2.75) is 70.3 Å². The Hall–Kier alpha value is -1.04. The van der Waals surface area contributed by atoms with Crippen LogP contribution >= 0.6 is 0 Å². The fraction of sp³-hybridized carbons (Fsp3) is 0.824. The third-order valence-electron chi connectivity index (χ3n) is 5.53. The minimum atomic E-state index is -4.65. The number of ether oxygens (including phenoxy) is 1. The molecule has 2 aliphatic rings. The van der Waals surface area contributed by atoms with Gasteiger partial charge in [-0.3, -0.25) is 0 Å². The highest BCUT2D eigenvalue weighted by Gasteiger charge is 2.59. The smallest absolute Gasteiger partial charge is 0.417 e. The lowest BCUT2D eigenvalue weighted by molar-refractivity contribution is -0.287. The molecule has 23 heavy (non-hydrogen) atoms. The van der Waals surface area contributed by atoms with Crippen LogP contribution in [-0.4, -0.2) is 29.0 Å².